The zero-order valence-electron chi connectivity index (χ0n) is 17.0. The molecule has 1 aromatic carbocycles. The number of cyclic esters (lactones) is 1. The number of aromatic nitrogens is 6. The van der Waals surface area contributed by atoms with Crippen molar-refractivity contribution in [3.8, 4) is 22.5 Å². The Hall–Kier alpha value is -3.96. The highest BCUT2D eigenvalue weighted by Crippen LogP contribution is 2.32. The number of halogens is 3. The Labute approximate surface area is 179 Å². The van der Waals surface area contributed by atoms with Gasteiger partial charge in [-0.05, 0) is 11.6 Å². The number of ether oxygens (including phenoxy) is 1. The highest BCUT2D eigenvalue weighted by Gasteiger charge is 2.50. The smallest absolute Gasteiger partial charge is 0.427 e. The molecule has 9 nitrogen and oxygen atoms in total. The van der Waals surface area contributed by atoms with E-state index in [0.29, 0.717) is 17.0 Å². The van der Waals surface area contributed by atoms with Crippen LogP contribution in [-0.4, -0.2) is 54.7 Å². The maximum Gasteiger partial charge on any atom is 0.427 e. The van der Waals surface area contributed by atoms with Gasteiger partial charge >= 0.3 is 12.3 Å². The molecule has 0 saturated carbocycles. The largest absolute Gasteiger partial charge is 0.434 e. The molecule has 3 aromatic heterocycles. The fourth-order valence-electron chi connectivity index (χ4n) is 3.19. The first kappa shape index (κ1) is 21.3. The molecule has 4 aromatic rings. The number of carbonyl (C=O) groups excluding carboxylic acids is 1. The lowest BCUT2D eigenvalue weighted by atomic mass is 10.1. The van der Waals surface area contributed by atoms with Crippen molar-refractivity contribution in [2.45, 2.75) is 26.1 Å². The third kappa shape index (κ3) is 3.86. The topological polar surface area (TPSA) is 101 Å². The molecule has 166 valence electrons. The van der Waals surface area contributed by atoms with Gasteiger partial charge in [0.2, 0.25) is 6.10 Å². The second kappa shape index (κ2) is 8.29. The van der Waals surface area contributed by atoms with Crippen molar-refractivity contribution in [1.29, 1.82) is 0 Å². The Morgan fingerprint density at radius 2 is 1.84 bits per heavy atom. The van der Waals surface area contributed by atoms with Crippen molar-refractivity contribution in [1.82, 2.24) is 29.8 Å². The van der Waals surface area contributed by atoms with E-state index in [2.05, 4.69) is 30.0 Å². The molecule has 1 saturated heterocycles. The Balaban J connectivity index is 0.00000119. The number of fused-ring (bicyclic) bond motifs is 1. The minimum atomic E-state index is -4.64. The summed E-state index contributed by atoms with van der Waals surface area (Å²) in [5.41, 5.74) is 2.67. The van der Waals surface area contributed by atoms with Crippen LogP contribution in [0.2, 0.25) is 0 Å². The predicted octanol–water partition coefficient (Wildman–Crippen LogP) is 4.10. The molecule has 1 atom stereocenters. The summed E-state index contributed by atoms with van der Waals surface area (Å²) in [5.74, 6) is 0.674. The molecule has 1 aliphatic heterocycles. The fraction of sp³-hybridized carbons (Fsp3) is 0.250. The number of rotatable bonds is 3. The Morgan fingerprint density at radius 1 is 1.12 bits per heavy atom. The highest BCUT2D eigenvalue weighted by molar-refractivity contribution is 5.89. The second-order valence-electron chi connectivity index (χ2n) is 6.55. The molecular weight excluding hydrogens is 427 g/mol. The van der Waals surface area contributed by atoms with E-state index in [9.17, 15) is 18.0 Å². The van der Waals surface area contributed by atoms with Crippen molar-refractivity contribution in [2.75, 3.05) is 11.4 Å². The molecule has 0 aliphatic carbocycles. The first-order valence-corrected chi connectivity index (χ1v) is 9.75. The molecular formula is C20H18F3N7O2. The average molecular weight is 445 g/mol. The molecule has 1 unspecified atom stereocenters. The van der Waals surface area contributed by atoms with E-state index in [4.69, 9.17) is 0 Å². The number of aromatic amines is 1. The zero-order chi connectivity index (χ0) is 22.9. The normalized spacial score (nSPS) is 16.1. The Morgan fingerprint density at radius 3 is 2.47 bits per heavy atom. The third-order valence-corrected chi connectivity index (χ3v) is 4.69. The van der Waals surface area contributed by atoms with Crippen molar-refractivity contribution >= 4 is 17.6 Å². The van der Waals surface area contributed by atoms with E-state index in [-0.39, 0.29) is 5.82 Å². The van der Waals surface area contributed by atoms with E-state index in [1.807, 2.05) is 38.1 Å². The van der Waals surface area contributed by atoms with Gasteiger partial charge < -0.3 is 4.74 Å². The summed E-state index contributed by atoms with van der Waals surface area (Å²) >= 11 is 0. The molecule has 1 aliphatic rings. The standard InChI is InChI=1S/C18H12F3N7O2.C2H6/c19-18(20,21)13-8-27(17(29)30-13)14-5-6-28-16(25-14)12(7-24-28)10-1-3-11(4-2-10)15-22-9-23-26-15;1-2/h1-7,9,13H,8H2,(H,22,23,26);1-2H3. The second-order valence-corrected chi connectivity index (χ2v) is 6.55. The molecule has 0 spiro atoms. The van der Waals surface area contributed by atoms with Gasteiger partial charge in [-0.1, -0.05) is 38.1 Å². The van der Waals surface area contributed by atoms with Gasteiger partial charge in [-0.3, -0.25) is 10.00 Å². The number of hydrogen-bond acceptors (Lipinski definition) is 6. The first-order valence-electron chi connectivity index (χ1n) is 9.75. The summed E-state index contributed by atoms with van der Waals surface area (Å²) in [6, 6.07) is 8.78. The summed E-state index contributed by atoms with van der Waals surface area (Å²) in [5, 5.41) is 10.8. The van der Waals surface area contributed by atoms with Crippen LogP contribution < -0.4 is 4.90 Å². The molecule has 5 rings (SSSR count). The Bertz CT molecular complexity index is 1220. The molecule has 0 radical (unpaired) electrons. The lowest BCUT2D eigenvalue weighted by Gasteiger charge is -2.13. The number of H-pyrrole nitrogens is 1. The summed E-state index contributed by atoms with van der Waals surface area (Å²) in [6.45, 7) is 3.35. The Kier molecular flexibility index (Phi) is 5.51. The van der Waals surface area contributed by atoms with Crippen LogP contribution in [0.3, 0.4) is 0 Å². The van der Waals surface area contributed by atoms with Crippen molar-refractivity contribution in [3.63, 3.8) is 0 Å². The summed E-state index contributed by atoms with van der Waals surface area (Å²) in [7, 11) is 0. The molecule has 1 N–H and O–H groups in total. The quantitative estimate of drug-likeness (QED) is 0.510. The van der Waals surface area contributed by atoms with Crippen LogP contribution in [0.25, 0.3) is 28.2 Å². The van der Waals surface area contributed by atoms with Crippen molar-refractivity contribution in [3.05, 3.63) is 49.1 Å². The van der Waals surface area contributed by atoms with E-state index >= 15 is 0 Å². The molecule has 12 heteroatoms. The van der Waals surface area contributed by atoms with Gasteiger partial charge in [0, 0.05) is 17.3 Å². The molecule has 0 bridgehead atoms. The number of alkyl halides is 3. The predicted molar refractivity (Wildman–Crippen MR) is 109 cm³/mol. The number of carbonyl (C=O) groups is 1. The summed E-state index contributed by atoms with van der Waals surface area (Å²) in [4.78, 5) is 21.3. The van der Waals surface area contributed by atoms with Crippen LogP contribution in [0, 0.1) is 0 Å². The molecule has 1 fully saturated rings. The minimum Gasteiger partial charge on any atom is -0.434 e. The van der Waals surface area contributed by atoms with E-state index in [1.165, 1.54) is 23.1 Å². The fourth-order valence-corrected chi connectivity index (χ4v) is 3.19. The lowest BCUT2D eigenvalue weighted by molar-refractivity contribution is -0.191. The maximum absolute atomic E-state index is 12.9. The van der Waals surface area contributed by atoms with Crippen LogP contribution in [0.5, 0.6) is 0 Å². The van der Waals surface area contributed by atoms with E-state index in [1.54, 1.807) is 6.20 Å². The van der Waals surface area contributed by atoms with Crippen LogP contribution in [-0.2, 0) is 4.74 Å². The molecule has 1 amide bonds. The van der Waals surface area contributed by atoms with Gasteiger partial charge in [0.1, 0.15) is 12.1 Å². The van der Waals surface area contributed by atoms with Gasteiger partial charge in [-0.25, -0.2) is 19.3 Å². The van der Waals surface area contributed by atoms with Crippen LogP contribution in [0.4, 0.5) is 23.8 Å². The van der Waals surface area contributed by atoms with Gasteiger partial charge in [-0.2, -0.15) is 23.4 Å². The first-order chi connectivity index (χ1) is 15.4. The number of nitrogens with one attached hydrogen (secondary N) is 1. The highest BCUT2D eigenvalue weighted by atomic mass is 19.4. The third-order valence-electron chi connectivity index (χ3n) is 4.69. The molecule has 32 heavy (non-hydrogen) atoms. The van der Waals surface area contributed by atoms with Crippen molar-refractivity contribution < 1.29 is 22.7 Å². The van der Waals surface area contributed by atoms with Gasteiger partial charge in [-0.15, -0.1) is 0 Å². The maximum atomic E-state index is 12.9. The number of nitrogens with zero attached hydrogens (tertiary/aromatic N) is 6. The SMILES string of the molecule is CC.O=C1OC(C(F)(F)F)CN1c1ccn2ncc(-c3ccc(-c4ncn[nH]4)cc3)c2n1. The number of hydrogen-bond donors (Lipinski definition) is 1. The minimum absolute atomic E-state index is 0.0549. The lowest BCUT2D eigenvalue weighted by Crippen LogP contribution is -2.33. The van der Waals surface area contributed by atoms with E-state index < -0.39 is 24.9 Å². The van der Waals surface area contributed by atoms with E-state index in [0.717, 1.165) is 16.0 Å². The van der Waals surface area contributed by atoms with Crippen LogP contribution >= 0.6 is 0 Å². The van der Waals surface area contributed by atoms with Gasteiger partial charge in [0.25, 0.3) is 0 Å². The van der Waals surface area contributed by atoms with Crippen molar-refractivity contribution in [2.24, 2.45) is 0 Å². The van der Waals surface area contributed by atoms with Gasteiger partial charge in [0.05, 0.1) is 12.7 Å². The monoisotopic (exact) mass is 445 g/mol. The van der Waals surface area contributed by atoms with Crippen LogP contribution in [0.1, 0.15) is 13.8 Å². The number of anilines is 1. The number of amides is 1. The average Bonchev–Trinajstić information content (AvgIpc) is 3.54. The molecule has 4 heterocycles. The van der Waals surface area contributed by atoms with Crippen LogP contribution in [0.15, 0.2) is 49.1 Å². The number of benzene rings is 1. The summed E-state index contributed by atoms with van der Waals surface area (Å²) in [6.07, 6.45) is -3.38. The van der Waals surface area contributed by atoms with Gasteiger partial charge in [0.15, 0.2) is 11.5 Å². The summed E-state index contributed by atoms with van der Waals surface area (Å²) < 4.78 is 44.6. The zero-order valence-corrected chi connectivity index (χ0v) is 17.0.